The molecule has 19 heavy (non-hydrogen) atoms. The van der Waals surface area contributed by atoms with Crippen molar-refractivity contribution in [1.82, 2.24) is 10.3 Å². The van der Waals surface area contributed by atoms with Gasteiger partial charge in [-0.15, -0.1) is 11.3 Å². The van der Waals surface area contributed by atoms with Gasteiger partial charge in [0.05, 0.1) is 10.7 Å². The first-order valence-electron chi connectivity index (χ1n) is 7.12. The van der Waals surface area contributed by atoms with E-state index in [0.29, 0.717) is 5.41 Å². The molecule has 1 aliphatic heterocycles. The summed E-state index contributed by atoms with van der Waals surface area (Å²) in [6, 6.07) is 0. The van der Waals surface area contributed by atoms with Gasteiger partial charge in [-0.1, -0.05) is 0 Å². The van der Waals surface area contributed by atoms with E-state index in [0.717, 1.165) is 39.0 Å². The third kappa shape index (κ3) is 4.55. The highest BCUT2D eigenvalue weighted by molar-refractivity contribution is 7.09. The topological polar surface area (TPSA) is 34.2 Å². The van der Waals surface area contributed by atoms with E-state index in [9.17, 15) is 0 Å². The van der Waals surface area contributed by atoms with Gasteiger partial charge in [0.15, 0.2) is 0 Å². The summed E-state index contributed by atoms with van der Waals surface area (Å²) >= 11 is 1.75. The van der Waals surface area contributed by atoms with Crippen molar-refractivity contribution in [3.05, 3.63) is 16.1 Å². The molecule has 0 saturated carbocycles. The van der Waals surface area contributed by atoms with Crippen LogP contribution in [0.1, 0.15) is 44.3 Å². The molecule has 108 valence electrons. The second-order valence-electron chi connectivity index (χ2n) is 6.75. The third-order valence-electron chi connectivity index (χ3n) is 3.77. The molecule has 0 bridgehead atoms. The zero-order chi connectivity index (χ0) is 13.9. The summed E-state index contributed by atoms with van der Waals surface area (Å²) in [7, 11) is 0. The molecule has 0 spiro atoms. The Hall–Kier alpha value is -0.450. The summed E-state index contributed by atoms with van der Waals surface area (Å²) < 4.78 is 5.55. The summed E-state index contributed by atoms with van der Waals surface area (Å²) in [6.45, 7) is 11.6. The maximum atomic E-state index is 5.55. The van der Waals surface area contributed by atoms with Crippen LogP contribution in [0.25, 0.3) is 0 Å². The van der Waals surface area contributed by atoms with Gasteiger partial charge in [-0.05, 0) is 52.4 Å². The molecule has 1 aliphatic rings. The van der Waals surface area contributed by atoms with Crippen LogP contribution in [0.15, 0.2) is 5.38 Å². The number of nitrogens with one attached hydrogen (secondary N) is 1. The minimum atomic E-state index is 0.170. The Morgan fingerprint density at radius 3 is 2.58 bits per heavy atom. The molecular formula is C15H26N2OS. The summed E-state index contributed by atoms with van der Waals surface area (Å²) in [6.07, 6.45) is 3.34. The zero-order valence-corrected chi connectivity index (χ0v) is 13.4. The Morgan fingerprint density at radius 2 is 2.05 bits per heavy atom. The van der Waals surface area contributed by atoms with E-state index in [1.165, 1.54) is 10.7 Å². The maximum Gasteiger partial charge on any atom is 0.0897 e. The molecule has 1 aromatic heterocycles. The number of hydrogen-bond donors (Lipinski definition) is 1. The fraction of sp³-hybridized carbons (Fsp3) is 0.800. The lowest BCUT2D eigenvalue weighted by Gasteiger charge is -2.39. The molecule has 1 saturated heterocycles. The van der Waals surface area contributed by atoms with E-state index in [1.54, 1.807) is 11.3 Å². The van der Waals surface area contributed by atoms with Gasteiger partial charge in [-0.25, -0.2) is 4.98 Å². The minimum absolute atomic E-state index is 0.170. The standard InChI is InChI=1S/C15H26N2OS/c1-12-17-13(10-19-12)9-15(5-7-18-8-6-15)11-16-14(2,3)4/h10,16H,5-9,11H2,1-4H3. The molecule has 0 amide bonds. The van der Waals surface area contributed by atoms with E-state index in [1.807, 2.05) is 0 Å². The van der Waals surface area contributed by atoms with Gasteiger partial charge in [-0.3, -0.25) is 0 Å². The quantitative estimate of drug-likeness (QED) is 0.921. The highest BCUT2D eigenvalue weighted by Crippen LogP contribution is 2.34. The highest BCUT2D eigenvalue weighted by Gasteiger charge is 2.34. The van der Waals surface area contributed by atoms with Crippen molar-refractivity contribution in [2.75, 3.05) is 19.8 Å². The van der Waals surface area contributed by atoms with Crippen molar-refractivity contribution in [3.8, 4) is 0 Å². The second kappa shape index (κ2) is 5.90. The van der Waals surface area contributed by atoms with Crippen molar-refractivity contribution >= 4 is 11.3 Å². The number of thiazole rings is 1. The van der Waals surface area contributed by atoms with Crippen molar-refractivity contribution in [2.45, 2.75) is 52.5 Å². The molecule has 3 nitrogen and oxygen atoms in total. The van der Waals surface area contributed by atoms with Crippen molar-refractivity contribution in [3.63, 3.8) is 0 Å². The van der Waals surface area contributed by atoms with Crippen LogP contribution in [0.3, 0.4) is 0 Å². The summed E-state index contributed by atoms with van der Waals surface area (Å²) in [5, 5.41) is 7.06. The number of ether oxygens (including phenoxy) is 1. The second-order valence-corrected chi connectivity index (χ2v) is 7.81. The summed E-state index contributed by atoms with van der Waals surface area (Å²) in [4.78, 5) is 4.64. The third-order valence-corrected chi connectivity index (χ3v) is 4.59. The van der Waals surface area contributed by atoms with Gasteiger partial charge in [0.1, 0.15) is 0 Å². The number of hydrogen-bond acceptors (Lipinski definition) is 4. The van der Waals surface area contributed by atoms with Gasteiger partial charge in [-0.2, -0.15) is 0 Å². The van der Waals surface area contributed by atoms with Crippen molar-refractivity contribution in [2.24, 2.45) is 5.41 Å². The van der Waals surface area contributed by atoms with E-state index in [2.05, 4.69) is 43.4 Å². The molecule has 0 radical (unpaired) electrons. The van der Waals surface area contributed by atoms with Crippen LogP contribution in [0.5, 0.6) is 0 Å². The Bertz CT molecular complexity index is 403. The van der Waals surface area contributed by atoms with Gasteiger partial charge in [0, 0.05) is 30.7 Å². The van der Waals surface area contributed by atoms with Crippen LogP contribution < -0.4 is 5.32 Å². The fourth-order valence-corrected chi connectivity index (χ4v) is 3.16. The first kappa shape index (κ1) is 14.9. The highest BCUT2D eigenvalue weighted by atomic mass is 32.1. The first-order valence-corrected chi connectivity index (χ1v) is 8.00. The predicted octanol–water partition coefficient (Wildman–Crippen LogP) is 3.18. The Labute approximate surface area is 120 Å². The van der Waals surface area contributed by atoms with Crippen LogP contribution in [0.4, 0.5) is 0 Å². The van der Waals surface area contributed by atoms with E-state index < -0.39 is 0 Å². The number of aryl methyl sites for hydroxylation is 1. The van der Waals surface area contributed by atoms with E-state index in [-0.39, 0.29) is 5.54 Å². The lowest BCUT2D eigenvalue weighted by Crippen LogP contribution is -2.47. The van der Waals surface area contributed by atoms with Crippen molar-refractivity contribution < 1.29 is 4.74 Å². The molecule has 2 heterocycles. The van der Waals surface area contributed by atoms with Crippen LogP contribution in [-0.2, 0) is 11.2 Å². The average Bonchev–Trinajstić information content (AvgIpc) is 2.73. The molecule has 0 unspecified atom stereocenters. The summed E-state index contributed by atoms with van der Waals surface area (Å²) in [5.74, 6) is 0. The summed E-state index contributed by atoms with van der Waals surface area (Å²) in [5.41, 5.74) is 1.73. The molecule has 1 aromatic rings. The molecule has 4 heteroatoms. The largest absolute Gasteiger partial charge is 0.381 e. The van der Waals surface area contributed by atoms with Gasteiger partial charge in [0.25, 0.3) is 0 Å². The lowest BCUT2D eigenvalue weighted by atomic mass is 9.76. The minimum Gasteiger partial charge on any atom is -0.381 e. The molecule has 0 atom stereocenters. The number of aromatic nitrogens is 1. The lowest BCUT2D eigenvalue weighted by molar-refractivity contribution is 0.0117. The predicted molar refractivity (Wildman–Crippen MR) is 80.8 cm³/mol. The Balaban J connectivity index is 2.05. The molecule has 1 N–H and O–H groups in total. The van der Waals surface area contributed by atoms with E-state index in [4.69, 9.17) is 4.74 Å². The molecule has 2 rings (SSSR count). The smallest absolute Gasteiger partial charge is 0.0897 e. The first-order chi connectivity index (χ1) is 8.89. The normalized spacial score (nSPS) is 19.6. The number of nitrogens with zero attached hydrogens (tertiary/aromatic N) is 1. The fourth-order valence-electron chi connectivity index (χ4n) is 2.55. The van der Waals surface area contributed by atoms with Crippen LogP contribution in [0, 0.1) is 12.3 Å². The van der Waals surface area contributed by atoms with Crippen LogP contribution >= 0.6 is 11.3 Å². The van der Waals surface area contributed by atoms with E-state index >= 15 is 0 Å². The molecule has 0 aromatic carbocycles. The molecule has 1 fully saturated rings. The number of rotatable bonds is 4. The van der Waals surface area contributed by atoms with Gasteiger partial charge >= 0.3 is 0 Å². The van der Waals surface area contributed by atoms with Gasteiger partial charge in [0.2, 0.25) is 0 Å². The Morgan fingerprint density at radius 1 is 1.37 bits per heavy atom. The van der Waals surface area contributed by atoms with Crippen LogP contribution in [0.2, 0.25) is 0 Å². The monoisotopic (exact) mass is 282 g/mol. The Kier molecular flexibility index (Phi) is 4.64. The maximum absolute atomic E-state index is 5.55. The molecule has 0 aliphatic carbocycles. The zero-order valence-electron chi connectivity index (χ0n) is 12.6. The van der Waals surface area contributed by atoms with Crippen molar-refractivity contribution in [1.29, 1.82) is 0 Å². The average molecular weight is 282 g/mol. The molecular weight excluding hydrogens is 256 g/mol. The SMILES string of the molecule is Cc1nc(CC2(CNC(C)(C)C)CCOCC2)cs1. The van der Waals surface area contributed by atoms with Crippen LogP contribution in [-0.4, -0.2) is 30.3 Å². The van der Waals surface area contributed by atoms with Gasteiger partial charge < -0.3 is 10.1 Å².